The molecule has 4 N–H and O–H groups in total. The third-order valence-corrected chi connectivity index (χ3v) is 16.0. The molecule has 0 fully saturated rings. The quantitative estimate of drug-likeness (QED) is 0.0274. The van der Waals surface area contributed by atoms with Gasteiger partial charge in [-0.2, -0.15) is 0 Å². The molecule has 7 nitrogen and oxygen atoms in total. The summed E-state index contributed by atoms with van der Waals surface area (Å²) in [6, 6.07) is -0.749. The Kier molecular flexibility index (Phi) is 63.2. The first-order chi connectivity index (χ1) is 37.9. The number of hydrogen-bond donors (Lipinski definition) is 4. The molecule has 0 rings (SSSR count). The van der Waals surface area contributed by atoms with Crippen LogP contribution in [0.15, 0.2) is 36.5 Å². The highest BCUT2D eigenvalue weighted by atomic mass is 16.5. The van der Waals surface area contributed by atoms with Gasteiger partial charge in [0, 0.05) is 12.8 Å². The molecule has 0 heterocycles. The van der Waals surface area contributed by atoms with Gasteiger partial charge in [0.15, 0.2) is 0 Å². The maximum Gasteiger partial charge on any atom is 0.305 e. The summed E-state index contributed by atoms with van der Waals surface area (Å²) in [7, 11) is 0. The number of unbranched alkanes of at least 4 members (excludes halogenated alkanes) is 47. The first kappa shape index (κ1) is 75.0. The molecule has 3 atom stereocenters. The lowest BCUT2D eigenvalue weighted by atomic mass is 10.0. The Morgan fingerprint density at radius 1 is 0.390 bits per heavy atom. The number of aliphatic hydroxyl groups excluding tert-OH is 3. The van der Waals surface area contributed by atoms with Gasteiger partial charge in [-0.25, -0.2) is 0 Å². The number of esters is 1. The van der Waals surface area contributed by atoms with Crippen molar-refractivity contribution < 1.29 is 29.6 Å². The minimum absolute atomic E-state index is 0.00119. The Labute approximate surface area is 479 Å². The van der Waals surface area contributed by atoms with Crippen LogP contribution in [0.5, 0.6) is 0 Å². The fraction of sp³-hybridized carbons (Fsp3) is 0.886. The molecule has 0 aliphatic carbocycles. The van der Waals surface area contributed by atoms with E-state index in [1.54, 1.807) is 6.08 Å². The number of hydrogen-bond acceptors (Lipinski definition) is 6. The molecule has 0 aromatic carbocycles. The monoisotopic (exact) mass is 1080 g/mol. The second-order valence-corrected chi connectivity index (χ2v) is 23.7. The topological polar surface area (TPSA) is 116 Å². The zero-order valence-electron chi connectivity index (χ0n) is 51.6. The molecule has 0 radical (unpaired) electrons. The summed E-state index contributed by atoms with van der Waals surface area (Å²) in [4.78, 5) is 24.6. The first-order valence-corrected chi connectivity index (χ1v) is 34.3. The fourth-order valence-corrected chi connectivity index (χ4v) is 10.7. The van der Waals surface area contributed by atoms with E-state index in [9.17, 15) is 24.9 Å². The molecule has 0 aliphatic heterocycles. The Morgan fingerprint density at radius 2 is 0.714 bits per heavy atom. The van der Waals surface area contributed by atoms with Crippen LogP contribution >= 0.6 is 0 Å². The van der Waals surface area contributed by atoms with E-state index < -0.39 is 18.2 Å². The number of allylic oxidation sites excluding steroid dienone is 4. The molecule has 77 heavy (non-hydrogen) atoms. The van der Waals surface area contributed by atoms with Gasteiger partial charge >= 0.3 is 5.97 Å². The van der Waals surface area contributed by atoms with E-state index in [0.29, 0.717) is 25.9 Å². The molecule has 0 spiro atoms. The molecule has 0 saturated heterocycles. The van der Waals surface area contributed by atoms with Gasteiger partial charge in [0.25, 0.3) is 0 Å². The van der Waals surface area contributed by atoms with E-state index in [4.69, 9.17) is 4.74 Å². The summed E-state index contributed by atoms with van der Waals surface area (Å²) < 4.78 is 5.48. The zero-order valence-corrected chi connectivity index (χ0v) is 51.6. The van der Waals surface area contributed by atoms with Crippen molar-refractivity contribution in [3.05, 3.63) is 36.5 Å². The molecule has 0 bridgehead atoms. The summed E-state index contributed by atoms with van der Waals surface area (Å²) >= 11 is 0. The van der Waals surface area contributed by atoms with Crippen molar-refractivity contribution in [3.63, 3.8) is 0 Å². The van der Waals surface area contributed by atoms with Gasteiger partial charge in [0.05, 0.1) is 31.5 Å². The number of ether oxygens (including phenoxy) is 1. The lowest BCUT2D eigenvalue weighted by molar-refractivity contribution is -0.143. The third kappa shape index (κ3) is 61.5. The van der Waals surface area contributed by atoms with E-state index in [1.165, 1.54) is 282 Å². The van der Waals surface area contributed by atoms with Crippen LogP contribution in [0.25, 0.3) is 0 Å². The van der Waals surface area contributed by atoms with Crippen LogP contribution in [0, 0.1) is 0 Å². The average molecular weight is 1080 g/mol. The van der Waals surface area contributed by atoms with E-state index in [-0.39, 0.29) is 18.5 Å². The predicted molar refractivity (Wildman–Crippen MR) is 335 cm³/mol. The molecule has 0 saturated carbocycles. The second kappa shape index (κ2) is 64.9. The molecule has 7 heteroatoms. The Bertz CT molecular complexity index is 1270. The van der Waals surface area contributed by atoms with Gasteiger partial charge in [-0.1, -0.05) is 333 Å². The van der Waals surface area contributed by atoms with Crippen molar-refractivity contribution in [1.29, 1.82) is 0 Å². The Morgan fingerprint density at radius 3 is 1.12 bits per heavy atom. The third-order valence-electron chi connectivity index (χ3n) is 16.0. The average Bonchev–Trinajstić information content (AvgIpc) is 3.43. The molecular weight excluding hydrogens is 951 g/mol. The van der Waals surface area contributed by atoms with Crippen molar-refractivity contribution in [2.24, 2.45) is 0 Å². The van der Waals surface area contributed by atoms with Crippen LogP contribution in [0.3, 0.4) is 0 Å². The van der Waals surface area contributed by atoms with Crippen LogP contribution in [0.2, 0.25) is 0 Å². The molecule has 0 unspecified atom stereocenters. The minimum atomic E-state index is -1.02. The SMILES string of the molecule is CCCCC/C=C\C/C=C\CCCCCCCC(=O)OCCCCCCCCCCCCCCCCCCCCCCCCCCCCCC(=O)N[C@@H](CO)[C@H](O)/C=C/[C@H](O)CCCCCCCCCCCCCCCC. The van der Waals surface area contributed by atoms with Gasteiger partial charge < -0.3 is 25.4 Å². The zero-order chi connectivity index (χ0) is 55.8. The largest absolute Gasteiger partial charge is 0.466 e. The molecule has 0 aromatic heterocycles. The minimum Gasteiger partial charge on any atom is -0.466 e. The standard InChI is InChI=1S/C70H133NO6/c1-3-5-7-9-11-13-15-17-32-37-41-45-49-53-57-61-70(76)77-64-58-54-50-46-42-38-34-31-29-27-25-23-21-19-20-22-24-26-28-30-33-36-40-44-48-52-56-60-69(75)71-67(65-72)68(74)63-62-66(73)59-55-51-47-43-39-35-18-16-14-12-10-8-6-4-2/h11,13,17,32,62-63,66-68,72-74H,3-10,12,14-16,18-31,33-61,64-65H2,1-2H3,(H,71,75)/b13-11-,32-17-,63-62+/t66-,67+,68-/m1/s1. The fourth-order valence-electron chi connectivity index (χ4n) is 10.7. The summed E-state index contributed by atoms with van der Waals surface area (Å²) in [6.07, 6.45) is 79.3. The van der Waals surface area contributed by atoms with Crippen LogP contribution in [0.4, 0.5) is 0 Å². The van der Waals surface area contributed by atoms with Crippen molar-refractivity contribution in [2.75, 3.05) is 13.2 Å². The molecule has 0 aliphatic rings. The van der Waals surface area contributed by atoms with Crippen molar-refractivity contribution >= 4 is 11.9 Å². The number of rotatable bonds is 64. The van der Waals surface area contributed by atoms with E-state index in [2.05, 4.69) is 43.5 Å². The van der Waals surface area contributed by atoms with Gasteiger partial charge in [-0.05, 0) is 57.8 Å². The van der Waals surface area contributed by atoms with Crippen molar-refractivity contribution in [3.8, 4) is 0 Å². The van der Waals surface area contributed by atoms with E-state index >= 15 is 0 Å². The number of carbonyl (C=O) groups excluding carboxylic acids is 2. The van der Waals surface area contributed by atoms with Crippen molar-refractivity contribution in [2.45, 2.75) is 385 Å². The number of carbonyl (C=O) groups is 2. The molecule has 1 amide bonds. The highest BCUT2D eigenvalue weighted by molar-refractivity contribution is 5.76. The normalized spacial score (nSPS) is 13.2. The highest BCUT2D eigenvalue weighted by Gasteiger charge is 2.18. The summed E-state index contributed by atoms with van der Waals surface area (Å²) in [5, 5.41) is 33.5. The first-order valence-electron chi connectivity index (χ1n) is 34.3. The molecular formula is C70H133NO6. The smallest absolute Gasteiger partial charge is 0.305 e. The van der Waals surface area contributed by atoms with E-state index in [0.717, 1.165) is 57.8 Å². The van der Waals surface area contributed by atoms with E-state index in [1.807, 2.05) is 0 Å². The second-order valence-electron chi connectivity index (χ2n) is 23.7. The number of nitrogens with one attached hydrogen (secondary N) is 1. The van der Waals surface area contributed by atoms with Crippen LogP contribution in [-0.2, 0) is 14.3 Å². The van der Waals surface area contributed by atoms with Crippen LogP contribution in [0.1, 0.15) is 367 Å². The lowest BCUT2D eigenvalue weighted by Crippen LogP contribution is -2.45. The van der Waals surface area contributed by atoms with Gasteiger partial charge in [0.2, 0.25) is 5.91 Å². The lowest BCUT2D eigenvalue weighted by Gasteiger charge is -2.20. The Hall–Kier alpha value is -1.96. The maximum absolute atomic E-state index is 12.5. The van der Waals surface area contributed by atoms with Gasteiger partial charge in [-0.15, -0.1) is 0 Å². The van der Waals surface area contributed by atoms with Crippen molar-refractivity contribution in [1.82, 2.24) is 5.32 Å². The van der Waals surface area contributed by atoms with Gasteiger partial charge in [-0.3, -0.25) is 9.59 Å². The molecule has 0 aromatic rings. The highest BCUT2D eigenvalue weighted by Crippen LogP contribution is 2.18. The molecule has 454 valence electrons. The summed E-state index contributed by atoms with van der Waals surface area (Å²) in [5.74, 6) is -0.126. The van der Waals surface area contributed by atoms with Gasteiger partial charge in [0.1, 0.15) is 0 Å². The number of aliphatic hydroxyl groups is 3. The number of amides is 1. The maximum atomic E-state index is 12.5. The summed E-state index contributed by atoms with van der Waals surface area (Å²) in [5.41, 5.74) is 0. The predicted octanol–water partition coefficient (Wildman–Crippen LogP) is 20.9. The van der Waals surface area contributed by atoms with Crippen LogP contribution < -0.4 is 5.32 Å². The summed E-state index contributed by atoms with van der Waals surface area (Å²) in [6.45, 7) is 4.80. The Balaban J connectivity index is 3.42. The van der Waals surface area contributed by atoms with Crippen LogP contribution in [-0.4, -0.2) is 58.7 Å².